The highest BCUT2D eigenvalue weighted by Crippen LogP contribution is 2.19. The van der Waals surface area contributed by atoms with Crippen molar-refractivity contribution in [3.05, 3.63) is 29.3 Å². The van der Waals surface area contributed by atoms with E-state index in [9.17, 15) is 9.59 Å². The number of carbonyl (C=O) groups excluding carboxylic acids is 1. The third-order valence-electron chi connectivity index (χ3n) is 2.21. The van der Waals surface area contributed by atoms with Gasteiger partial charge in [0.1, 0.15) is 0 Å². The van der Waals surface area contributed by atoms with Gasteiger partial charge in [-0.15, -0.1) is 0 Å². The molecule has 0 bridgehead atoms. The first-order valence-electron chi connectivity index (χ1n) is 4.73. The van der Waals surface area contributed by atoms with Gasteiger partial charge in [-0.2, -0.15) is 0 Å². The molecule has 0 fully saturated rings. The number of ether oxygens (including phenoxy) is 1. The molecule has 0 amide bonds. The van der Waals surface area contributed by atoms with Gasteiger partial charge in [-0.3, -0.25) is 4.79 Å². The number of carbonyl (C=O) groups is 2. The fraction of sp³-hybridized carbons (Fsp3) is 0.273. The van der Waals surface area contributed by atoms with E-state index in [-0.39, 0.29) is 17.7 Å². The molecular formula is C11H13NO4. The lowest BCUT2D eigenvalue weighted by Gasteiger charge is -2.08. The number of aliphatic carboxylic acids is 1. The maximum Gasteiger partial charge on any atom is 0.339 e. The molecule has 0 aromatic heterocycles. The molecule has 1 aromatic rings. The highest BCUT2D eigenvalue weighted by molar-refractivity contribution is 5.95. The van der Waals surface area contributed by atoms with E-state index in [1.807, 2.05) is 0 Å². The fourth-order valence-corrected chi connectivity index (χ4v) is 1.36. The Morgan fingerprint density at radius 3 is 2.69 bits per heavy atom. The average Bonchev–Trinajstić information content (AvgIpc) is 2.26. The van der Waals surface area contributed by atoms with Crippen molar-refractivity contribution in [1.29, 1.82) is 0 Å². The normalized spacial score (nSPS) is 9.81. The number of benzene rings is 1. The molecule has 0 heterocycles. The lowest BCUT2D eigenvalue weighted by Crippen LogP contribution is -2.08. The van der Waals surface area contributed by atoms with E-state index in [2.05, 4.69) is 4.74 Å². The number of aryl methyl sites for hydroxylation is 1. The van der Waals surface area contributed by atoms with Crippen LogP contribution >= 0.6 is 0 Å². The van der Waals surface area contributed by atoms with E-state index in [4.69, 9.17) is 10.8 Å². The Morgan fingerprint density at radius 1 is 1.44 bits per heavy atom. The summed E-state index contributed by atoms with van der Waals surface area (Å²) in [4.78, 5) is 21.7. The van der Waals surface area contributed by atoms with Gasteiger partial charge in [-0.05, 0) is 18.1 Å². The molecule has 0 saturated heterocycles. The molecule has 3 N–H and O–H groups in total. The van der Waals surface area contributed by atoms with Crippen molar-refractivity contribution in [2.24, 2.45) is 0 Å². The Bertz CT molecular complexity index is 414. The number of rotatable bonds is 4. The number of nitrogen functional groups attached to an aromatic ring is 1. The van der Waals surface area contributed by atoms with Crippen LogP contribution in [0.5, 0.6) is 0 Å². The van der Waals surface area contributed by atoms with Gasteiger partial charge in [-0.25, -0.2) is 4.79 Å². The molecule has 16 heavy (non-hydrogen) atoms. The van der Waals surface area contributed by atoms with E-state index in [1.165, 1.54) is 7.11 Å². The molecule has 86 valence electrons. The zero-order valence-corrected chi connectivity index (χ0v) is 8.90. The van der Waals surface area contributed by atoms with Gasteiger partial charge in [0, 0.05) is 12.1 Å². The first-order chi connectivity index (χ1) is 7.56. The topological polar surface area (TPSA) is 89.6 Å². The molecule has 0 radical (unpaired) electrons. The number of para-hydroxylation sites is 1. The van der Waals surface area contributed by atoms with Gasteiger partial charge in [0.2, 0.25) is 0 Å². The maximum atomic E-state index is 11.3. The Balaban J connectivity index is 2.94. The minimum Gasteiger partial charge on any atom is -0.481 e. The second-order valence-electron chi connectivity index (χ2n) is 3.26. The minimum absolute atomic E-state index is 0.0190. The van der Waals surface area contributed by atoms with Gasteiger partial charge >= 0.3 is 11.9 Å². The zero-order chi connectivity index (χ0) is 12.1. The predicted molar refractivity (Wildman–Crippen MR) is 58.2 cm³/mol. The summed E-state index contributed by atoms with van der Waals surface area (Å²) in [6.07, 6.45) is 0.279. The summed E-state index contributed by atoms with van der Waals surface area (Å²) in [5.74, 6) is -1.42. The van der Waals surface area contributed by atoms with Crippen molar-refractivity contribution in [3.8, 4) is 0 Å². The van der Waals surface area contributed by atoms with E-state index in [0.29, 0.717) is 12.0 Å². The summed E-state index contributed by atoms with van der Waals surface area (Å²) in [5, 5.41) is 8.56. The Morgan fingerprint density at radius 2 is 2.12 bits per heavy atom. The fourth-order valence-electron chi connectivity index (χ4n) is 1.36. The summed E-state index contributed by atoms with van der Waals surface area (Å²) in [7, 11) is 1.27. The Hall–Kier alpha value is -2.04. The van der Waals surface area contributed by atoms with Crippen LogP contribution in [0.1, 0.15) is 22.3 Å². The van der Waals surface area contributed by atoms with Crippen molar-refractivity contribution in [2.45, 2.75) is 12.8 Å². The minimum atomic E-state index is -0.900. The highest BCUT2D eigenvalue weighted by Gasteiger charge is 2.12. The van der Waals surface area contributed by atoms with Crippen molar-refractivity contribution < 1.29 is 19.4 Å². The SMILES string of the molecule is COC(=O)c1cccc(CCC(=O)O)c1N. The van der Waals surface area contributed by atoms with Crippen LogP contribution in [0.25, 0.3) is 0 Å². The third kappa shape index (κ3) is 2.73. The number of hydrogen-bond acceptors (Lipinski definition) is 4. The van der Waals surface area contributed by atoms with Crippen LogP contribution in [0.15, 0.2) is 18.2 Å². The smallest absolute Gasteiger partial charge is 0.339 e. The molecule has 5 nitrogen and oxygen atoms in total. The number of anilines is 1. The number of carboxylic acids is 1. The lowest BCUT2D eigenvalue weighted by atomic mass is 10.0. The quantitative estimate of drug-likeness (QED) is 0.588. The summed E-state index contributed by atoms with van der Waals surface area (Å²) >= 11 is 0. The second kappa shape index (κ2) is 5.16. The summed E-state index contributed by atoms with van der Waals surface area (Å²) < 4.78 is 4.56. The van der Waals surface area contributed by atoms with Crippen LogP contribution in [-0.4, -0.2) is 24.2 Å². The highest BCUT2D eigenvalue weighted by atomic mass is 16.5. The lowest BCUT2D eigenvalue weighted by molar-refractivity contribution is -0.136. The maximum absolute atomic E-state index is 11.3. The summed E-state index contributed by atoms with van der Waals surface area (Å²) in [5.41, 5.74) is 6.95. The molecular weight excluding hydrogens is 210 g/mol. The van der Waals surface area contributed by atoms with Crippen molar-refractivity contribution in [1.82, 2.24) is 0 Å². The van der Waals surface area contributed by atoms with E-state index < -0.39 is 11.9 Å². The molecule has 0 atom stereocenters. The first-order valence-corrected chi connectivity index (χ1v) is 4.73. The number of esters is 1. The Kier molecular flexibility index (Phi) is 3.88. The molecule has 0 aliphatic heterocycles. The molecule has 1 rings (SSSR count). The van der Waals surface area contributed by atoms with Gasteiger partial charge in [0.15, 0.2) is 0 Å². The molecule has 0 aliphatic rings. The van der Waals surface area contributed by atoms with Crippen LogP contribution in [0.3, 0.4) is 0 Å². The second-order valence-corrected chi connectivity index (χ2v) is 3.26. The van der Waals surface area contributed by atoms with Crippen LogP contribution < -0.4 is 5.73 Å². The van der Waals surface area contributed by atoms with E-state index >= 15 is 0 Å². The molecule has 0 aliphatic carbocycles. The standard InChI is InChI=1S/C11H13NO4/c1-16-11(15)8-4-2-3-7(10(8)12)5-6-9(13)14/h2-4H,5-6,12H2,1H3,(H,13,14). The molecule has 0 unspecified atom stereocenters. The first kappa shape index (κ1) is 12.0. The van der Waals surface area contributed by atoms with E-state index in [1.54, 1.807) is 18.2 Å². The summed E-state index contributed by atoms with van der Waals surface area (Å²) in [6, 6.07) is 4.90. The van der Waals surface area contributed by atoms with Gasteiger partial charge in [0.25, 0.3) is 0 Å². The van der Waals surface area contributed by atoms with Crippen LogP contribution in [0.2, 0.25) is 0 Å². The summed E-state index contributed by atoms with van der Waals surface area (Å²) in [6.45, 7) is 0. The number of nitrogens with two attached hydrogens (primary N) is 1. The van der Waals surface area contributed by atoms with Crippen LogP contribution in [0, 0.1) is 0 Å². The van der Waals surface area contributed by atoms with Crippen molar-refractivity contribution >= 4 is 17.6 Å². The molecule has 5 heteroatoms. The molecule has 0 saturated carbocycles. The predicted octanol–water partition coefficient (Wildman–Crippen LogP) is 1.07. The number of hydrogen-bond donors (Lipinski definition) is 2. The van der Waals surface area contributed by atoms with E-state index in [0.717, 1.165) is 0 Å². The number of methoxy groups -OCH3 is 1. The zero-order valence-electron chi connectivity index (χ0n) is 8.90. The molecule has 1 aromatic carbocycles. The van der Waals surface area contributed by atoms with Crippen molar-refractivity contribution in [2.75, 3.05) is 12.8 Å². The average molecular weight is 223 g/mol. The van der Waals surface area contributed by atoms with Crippen molar-refractivity contribution in [3.63, 3.8) is 0 Å². The van der Waals surface area contributed by atoms with Crippen LogP contribution in [0.4, 0.5) is 5.69 Å². The Labute approximate surface area is 92.8 Å². The van der Waals surface area contributed by atoms with Gasteiger partial charge in [0.05, 0.1) is 12.7 Å². The number of carboxylic acid groups (broad SMARTS) is 1. The third-order valence-corrected chi connectivity index (χ3v) is 2.21. The molecule has 0 spiro atoms. The van der Waals surface area contributed by atoms with Gasteiger partial charge in [-0.1, -0.05) is 12.1 Å². The largest absolute Gasteiger partial charge is 0.481 e. The van der Waals surface area contributed by atoms with Crippen LogP contribution in [-0.2, 0) is 16.0 Å². The monoisotopic (exact) mass is 223 g/mol. The van der Waals surface area contributed by atoms with Gasteiger partial charge < -0.3 is 15.6 Å².